The number of benzene rings is 1. The van der Waals surface area contributed by atoms with Gasteiger partial charge in [-0.15, -0.1) is 11.3 Å². The molecule has 20 heavy (non-hydrogen) atoms. The molecule has 0 amide bonds. The van der Waals surface area contributed by atoms with Gasteiger partial charge in [0.2, 0.25) is 10.0 Å². The highest BCUT2D eigenvalue weighted by Crippen LogP contribution is 2.23. The third kappa shape index (κ3) is 4.40. The van der Waals surface area contributed by atoms with Crippen LogP contribution in [0.1, 0.15) is 19.0 Å². The Hall–Kier alpha value is -1.24. The van der Waals surface area contributed by atoms with Crippen LogP contribution in [-0.2, 0) is 16.4 Å². The summed E-state index contributed by atoms with van der Waals surface area (Å²) < 4.78 is 25.6. The number of hydrogen-bond acceptors (Lipinski definition) is 4. The van der Waals surface area contributed by atoms with E-state index >= 15 is 0 Å². The molecule has 0 saturated heterocycles. The number of thiazole rings is 1. The Kier molecular flexibility index (Phi) is 5.28. The zero-order valence-corrected chi connectivity index (χ0v) is 13.0. The molecular formula is C14H18N2O2S2. The summed E-state index contributed by atoms with van der Waals surface area (Å²) in [5.41, 5.74) is 2.02. The molecule has 0 aliphatic carbocycles. The molecule has 0 aliphatic rings. The van der Waals surface area contributed by atoms with Crippen molar-refractivity contribution in [3.05, 3.63) is 41.4 Å². The molecule has 1 aromatic carbocycles. The topological polar surface area (TPSA) is 59.1 Å². The van der Waals surface area contributed by atoms with Gasteiger partial charge in [-0.2, -0.15) is 0 Å². The minimum absolute atomic E-state index is 0.180. The van der Waals surface area contributed by atoms with E-state index in [2.05, 4.69) is 9.71 Å². The summed E-state index contributed by atoms with van der Waals surface area (Å²) >= 11 is 1.58. The Morgan fingerprint density at radius 2 is 2.00 bits per heavy atom. The van der Waals surface area contributed by atoms with Crippen LogP contribution in [0.5, 0.6) is 0 Å². The van der Waals surface area contributed by atoms with E-state index in [9.17, 15) is 8.42 Å². The molecule has 2 aromatic rings. The summed E-state index contributed by atoms with van der Waals surface area (Å²) in [7, 11) is -3.12. The van der Waals surface area contributed by atoms with E-state index < -0.39 is 10.0 Å². The number of aromatic nitrogens is 1. The number of nitrogens with one attached hydrogen (secondary N) is 1. The lowest BCUT2D eigenvalue weighted by atomic mass is 10.2. The molecule has 108 valence electrons. The third-order valence-electron chi connectivity index (χ3n) is 2.75. The first-order chi connectivity index (χ1) is 9.61. The van der Waals surface area contributed by atoms with Crippen molar-refractivity contribution >= 4 is 21.4 Å². The second-order valence-corrected chi connectivity index (χ2v) is 7.26. The van der Waals surface area contributed by atoms with E-state index in [0.717, 1.165) is 16.3 Å². The summed E-state index contributed by atoms with van der Waals surface area (Å²) in [5, 5.41) is 2.95. The van der Waals surface area contributed by atoms with Crippen LogP contribution in [0.15, 0.2) is 35.7 Å². The minimum atomic E-state index is -3.12. The summed E-state index contributed by atoms with van der Waals surface area (Å²) in [6, 6.07) is 9.98. The Morgan fingerprint density at radius 1 is 1.25 bits per heavy atom. The summed E-state index contributed by atoms with van der Waals surface area (Å²) in [6.45, 7) is 2.26. The van der Waals surface area contributed by atoms with Gasteiger partial charge in [0.25, 0.3) is 0 Å². The maximum absolute atomic E-state index is 11.5. The largest absolute Gasteiger partial charge is 0.241 e. The van der Waals surface area contributed by atoms with Gasteiger partial charge < -0.3 is 0 Å². The van der Waals surface area contributed by atoms with Crippen LogP contribution in [-0.4, -0.2) is 25.7 Å². The molecule has 0 bridgehead atoms. The van der Waals surface area contributed by atoms with E-state index in [0.29, 0.717) is 19.4 Å². The normalized spacial score (nSPS) is 11.7. The summed E-state index contributed by atoms with van der Waals surface area (Å²) in [4.78, 5) is 4.53. The molecule has 0 fully saturated rings. The monoisotopic (exact) mass is 310 g/mol. The average molecular weight is 310 g/mol. The van der Waals surface area contributed by atoms with Crippen LogP contribution in [0.2, 0.25) is 0 Å². The summed E-state index contributed by atoms with van der Waals surface area (Å²) in [5.74, 6) is 0.180. The number of hydrogen-bond donors (Lipinski definition) is 1. The van der Waals surface area contributed by atoms with Crippen molar-refractivity contribution in [3.8, 4) is 10.6 Å². The molecule has 0 unspecified atom stereocenters. The fourth-order valence-corrected chi connectivity index (χ4v) is 3.77. The molecule has 1 aromatic heterocycles. The Labute approximate surface area is 123 Å². The van der Waals surface area contributed by atoms with Gasteiger partial charge in [-0.25, -0.2) is 18.1 Å². The molecule has 0 spiro atoms. The lowest BCUT2D eigenvalue weighted by Gasteiger charge is -2.03. The van der Waals surface area contributed by atoms with Crippen molar-refractivity contribution in [2.24, 2.45) is 0 Å². The second-order valence-electron chi connectivity index (χ2n) is 4.47. The quantitative estimate of drug-likeness (QED) is 0.855. The third-order valence-corrected chi connectivity index (χ3v) is 5.28. The highest BCUT2D eigenvalue weighted by Gasteiger charge is 2.09. The number of rotatable bonds is 7. The number of nitrogens with zero attached hydrogens (tertiary/aromatic N) is 1. The van der Waals surface area contributed by atoms with E-state index in [4.69, 9.17) is 0 Å². The van der Waals surface area contributed by atoms with Gasteiger partial charge in [-0.1, -0.05) is 37.3 Å². The SMILES string of the molecule is CCCS(=O)(=O)NCCc1csc(-c2ccccc2)n1. The van der Waals surface area contributed by atoms with Crippen molar-refractivity contribution in [2.75, 3.05) is 12.3 Å². The lowest BCUT2D eigenvalue weighted by Crippen LogP contribution is -2.28. The average Bonchev–Trinajstić information content (AvgIpc) is 2.88. The zero-order valence-electron chi connectivity index (χ0n) is 11.4. The minimum Gasteiger partial charge on any atom is -0.241 e. The van der Waals surface area contributed by atoms with Gasteiger partial charge in [-0.3, -0.25) is 0 Å². The van der Waals surface area contributed by atoms with Gasteiger partial charge in [0.15, 0.2) is 0 Å². The zero-order chi connectivity index (χ0) is 14.4. The van der Waals surface area contributed by atoms with Gasteiger partial charge in [0, 0.05) is 23.9 Å². The summed E-state index contributed by atoms with van der Waals surface area (Å²) in [6.07, 6.45) is 1.25. The van der Waals surface area contributed by atoms with Gasteiger partial charge >= 0.3 is 0 Å². The fraction of sp³-hybridized carbons (Fsp3) is 0.357. The predicted molar refractivity (Wildman–Crippen MR) is 83.3 cm³/mol. The number of sulfonamides is 1. The molecule has 2 rings (SSSR count). The molecule has 0 saturated carbocycles. The maximum atomic E-state index is 11.5. The maximum Gasteiger partial charge on any atom is 0.211 e. The predicted octanol–water partition coefficient (Wildman–Crippen LogP) is 2.68. The van der Waals surface area contributed by atoms with Crippen LogP contribution in [0.25, 0.3) is 10.6 Å². The van der Waals surface area contributed by atoms with Gasteiger partial charge in [0.1, 0.15) is 5.01 Å². The Morgan fingerprint density at radius 3 is 2.70 bits per heavy atom. The molecule has 0 atom stereocenters. The van der Waals surface area contributed by atoms with E-state index in [1.54, 1.807) is 11.3 Å². The molecular weight excluding hydrogens is 292 g/mol. The Balaban J connectivity index is 1.91. The van der Waals surface area contributed by atoms with Crippen molar-refractivity contribution in [1.82, 2.24) is 9.71 Å². The van der Waals surface area contributed by atoms with Crippen LogP contribution in [0, 0.1) is 0 Å². The molecule has 1 heterocycles. The first-order valence-corrected chi connectivity index (χ1v) is 9.11. The molecule has 6 heteroatoms. The Bertz CT molecular complexity index is 636. The van der Waals surface area contributed by atoms with Crippen LogP contribution < -0.4 is 4.72 Å². The van der Waals surface area contributed by atoms with E-state index in [-0.39, 0.29) is 5.75 Å². The van der Waals surface area contributed by atoms with Gasteiger partial charge in [-0.05, 0) is 6.42 Å². The molecule has 0 aliphatic heterocycles. The van der Waals surface area contributed by atoms with Crippen LogP contribution in [0.3, 0.4) is 0 Å². The second kappa shape index (κ2) is 6.97. The van der Waals surface area contributed by atoms with Crippen molar-refractivity contribution in [2.45, 2.75) is 19.8 Å². The highest BCUT2D eigenvalue weighted by atomic mass is 32.2. The smallest absolute Gasteiger partial charge is 0.211 e. The highest BCUT2D eigenvalue weighted by molar-refractivity contribution is 7.89. The van der Waals surface area contributed by atoms with Crippen molar-refractivity contribution in [1.29, 1.82) is 0 Å². The van der Waals surface area contributed by atoms with E-state index in [1.165, 1.54) is 0 Å². The molecule has 4 nitrogen and oxygen atoms in total. The lowest BCUT2D eigenvalue weighted by molar-refractivity contribution is 0.580. The van der Waals surface area contributed by atoms with E-state index in [1.807, 2.05) is 42.6 Å². The fourth-order valence-electron chi connectivity index (χ4n) is 1.81. The molecule has 0 radical (unpaired) electrons. The van der Waals surface area contributed by atoms with Crippen molar-refractivity contribution < 1.29 is 8.42 Å². The standard InChI is InChI=1S/C14H18N2O2S2/c1-2-10-20(17,18)15-9-8-13-11-19-14(16-13)12-6-4-3-5-7-12/h3-7,11,15H,2,8-10H2,1H3. The molecule has 1 N–H and O–H groups in total. The first kappa shape index (κ1) is 15.2. The van der Waals surface area contributed by atoms with Gasteiger partial charge in [0.05, 0.1) is 11.4 Å². The van der Waals surface area contributed by atoms with Crippen LogP contribution in [0.4, 0.5) is 0 Å². The van der Waals surface area contributed by atoms with Crippen LogP contribution >= 0.6 is 11.3 Å². The van der Waals surface area contributed by atoms with Crippen molar-refractivity contribution in [3.63, 3.8) is 0 Å². The first-order valence-electron chi connectivity index (χ1n) is 6.58.